The summed E-state index contributed by atoms with van der Waals surface area (Å²) in [6, 6.07) is 10.6. The van der Waals surface area contributed by atoms with Crippen molar-refractivity contribution in [3.8, 4) is 5.69 Å². The van der Waals surface area contributed by atoms with Gasteiger partial charge in [0.2, 0.25) is 0 Å². The van der Waals surface area contributed by atoms with Gasteiger partial charge in [-0.25, -0.2) is 0 Å². The van der Waals surface area contributed by atoms with Crippen molar-refractivity contribution in [3.05, 3.63) is 52.9 Å². The number of hydrogen-bond acceptors (Lipinski definition) is 4. The molecule has 6 heteroatoms. The maximum absolute atomic E-state index is 11.9. The van der Waals surface area contributed by atoms with Crippen molar-refractivity contribution >= 4 is 12.6 Å². The Morgan fingerprint density at radius 1 is 1.05 bits per heavy atom. The maximum Gasteiger partial charge on any atom is 0.494 e. The van der Waals surface area contributed by atoms with Crippen LogP contribution in [0.4, 0.5) is 0 Å². The van der Waals surface area contributed by atoms with Gasteiger partial charge in [-0.15, -0.1) is 0 Å². The van der Waals surface area contributed by atoms with E-state index in [1.54, 1.807) is 12.3 Å². The predicted molar refractivity (Wildman–Crippen MR) is 85.6 cm³/mol. The van der Waals surface area contributed by atoms with Crippen LogP contribution in [0.25, 0.3) is 5.69 Å². The van der Waals surface area contributed by atoms with Crippen LogP contribution in [0.3, 0.4) is 0 Å². The minimum absolute atomic E-state index is 0.173. The molecule has 0 radical (unpaired) electrons. The van der Waals surface area contributed by atoms with Crippen molar-refractivity contribution in [1.29, 1.82) is 0 Å². The predicted octanol–water partition coefficient (Wildman–Crippen LogP) is 1.53. The van der Waals surface area contributed by atoms with Gasteiger partial charge >= 0.3 is 7.12 Å². The zero-order valence-electron chi connectivity index (χ0n) is 13.2. The molecule has 2 aromatic rings. The highest BCUT2D eigenvalue weighted by Crippen LogP contribution is 2.36. The summed E-state index contributed by atoms with van der Waals surface area (Å²) in [7, 11) is -0.454. The van der Waals surface area contributed by atoms with Gasteiger partial charge in [0.1, 0.15) is 0 Å². The fourth-order valence-corrected chi connectivity index (χ4v) is 2.33. The van der Waals surface area contributed by atoms with Gasteiger partial charge in [-0.2, -0.15) is 9.78 Å². The van der Waals surface area contributed by atoms with Gasteiger partial charge in [0.25, 0.3) is 5.56 Å². The fraction of sp³-hybridized carbons (Fsp3) is 0.375. The molecule has 0 aliphatic carbocycles. The zero-order chi connectivity index (χ0) is 16.0. The number of rotatable bonds is 2. The monoisotopic (exact) mass is 298 g/mol. The van der Waals surface area contributed by atoms with Crippen molar-refractivity contribution in [2.24, 2.45) is 0 Å². The Labute approximate surface area is 130 Å². The van der Waals surface area contributed by atoms with Crippen LogP contribution >= 0.6 is 0 Å². The first kappa shape index (κ1) is 15.0. The van der Waals surface area contributed by atoms with Crippen molar-refractivity contribution in [3.63, 3.8) is 0 Å². The number of aromatic nitrogens is 2. The molecule has 5 nitrogen and oxygen atoms in total. The van der Waals surface area contributed by atoms with E-state index in [1.165, 1.54) is 10.7 Å². The lowest BCUT2D eigenvalue weighted by Crippen LogP contribution is -2.41. The van der Waals surface area contributed by atoms with E-state index >= 15 is 0 Å². The SMILES string of the molecule is CC1(C)OB(c2cccc(-n3ncccc3=O)c2)OC1(C)C. The lowest BCUT2D eigenvalue weighted by Gasteiger charge is -2.32. The van der Waals surface area contributed by atoms with E-state index < -0.39 is 18.3 Å². The highest BCUT2D eigenvalue weighted by atomic mass is 16.7. The zero-order valence-corrected chi connectivity index (χ0v) is 13.2. The van der Waals surface area contributed by atoms with Crippen LogP contribution in [-0.2, 0) is 9.31 Å². The Bertz CT molecular complexity index is 739. The lowest BCUT2D eigenvalue weighted by molar-refractivity contribution is 0.00578. The normalized spacial score (nSPS) is 19.4. The Morgan fingerprint density at radius 2 is 1.73 bits per heavy atom. The summed E-state index contributed by atoms with van der Waals surface area (Å²) in [6.07, 6.45) is 1.59. The third-order valence-electron chi connectivity index (χ3n) is 4.36. The van der Waals surface area contributed by atoms with Crippen LogP contribution in [0, 0.1) is 0 Å². The van der Waals surface area contributed by atoms with E-state index in [0.29, 0.717) is 5.69 Å². The van der Waals surface area contributed by atoms with Crippen molar-refractivity contribution in [1.82, 2.24) is 9.78 Å². The van der Waals surface area contributed by atoms with Crippen LogP contribution < -0.4 is 11.0 Å². The second-order valence-electron chi connectivity index (χ2n) is 6.46. The van der Waals surface area contributed by atoms with Crippen molar-refractivity contribution in [2.45, 2.75) is 38.9 Å². The molecule has 0 atom stereocenters. The molecule has 0 N–H and O–H groups in total. The third kappa shape index (κ3) is 2.49. The summed E-state index contributed by atoms with van der Waals surface area (Å²) in [6.45, 7) is 8.06. The summed E-state index contributed by atoms with van der Waals surface area (Å²) >= 11 is 0. The fourth-order valence-electron chi connectivity index (χ4n) is 2.33. The van der Waals surface area contributed by atoms with E-state index in [9.17, 15) is 4.79 Å². The molecule has 1 saturated heterocycles. The molecule has 0 saturated carbocycles. The summed E-state index contributed by atoms with van der Waals surface area (Å²) in [4.78, 5) is 11.9. The average molecular weight is 298 g/mol. The Morgan fingerprint density at radius 3 is 2.36 bits per heavy atom. The molecule has 114 valence electrons. The molecule has 3 rings (SSSR count). The molecular weight excluding hydrogens is 279 g/mol. The first-order valence-corrected chi connectivity index (χ1v) is 7.30. The minimum Gasteiger partial charge on any atom is -0.399 e. The molecule has 1 aliphatic heterocycles. The van der Waals surface area contributed by atoms with Gasteiger partial charge in [0.15, 0.2) is 0 Å². The Balaban J connectivity index is 1.97. The van der Waals surface area contributed by atoms with E-state index in [0.717, 1.165) is 5.46 Å². The molecule has 0 unspecified atom stereocenters. The quantitative estimate of drug-likeness (QED) is 0.789. The molecule has 22 heavy (non-hydrogen) atoms. The number of nitrogens with zero attached hydrogens (tertiary/aromatic N) is 2. The molecular formula is C16H19BN2O3. The first-order chi connectivity index (χ1) is 10.3. The molecule has 0 spiro atoms. The summed E-state index contributed by atoms with van der Waals surface area (Å²) in [5, 5.41) is 4.10. The largest absolute Gasteiger partial charge is 0.494 e. The molecule has 1 aliphatic rings. The topological polar surface area (TPSA) is 53.4 Å². The van der Waals surface area contributed by atoms with Gasteiger partial charge in [-0.1, -0.05) is 12.1 Å². The van der Waals surface area contributed by atoms with Crippen LogP contribution in [0.1, 0.15) is 27.7 Å². The van der Waals surface area contributed by atoms with E-state index in [1.807, 2.05) is 52.0 Å². The summed E-state index contributed by atoms with van der Waals surface area (Å²) in [5.74, 6) is 0. The van der Waals surface area contributed by atoms with Crippen LogP contribution in [0.2, 0.25) is 0 Å². The first-order valence-electron chi connectivity index (χ1n) is 7.30. The Kier molecular flexibility index (Phi) is 3.46. The summed E-state index contributed by atoms with van der Waals surface area (Å²) in [5.41, 5.74) is 0.602. The minimum atomic E-state index is -0.454. The number of hydrogen-bond donors (Lipinski definition) is 0. The van der Waals surface area contributed by atoms with Gasteiger partial charge in [-0.05, 0) is 51.4 Å². The molecule has 0 amide bonds. The maximum atomic E-state index is 11.9. The van der Waals surface area contributed by atoms with Crippen molar-refractivity contribution in [2.75, 3.05) is 0 Å². The molecule has 1 aromatic carbocycles. The second kappa shape index (κ2) is 5.07. The highest BCUT2D eigenvalue weighted by molar-refractivity contribution is 6.62. The smallest absolute Gasteiger partial charge is 0.399 e. The number of benzene rings is 1. The molecule has 1 fully saturated rings. The van der Waals surface area contributed by atoms with E-state index in [-0.39, 0.29) is 5.56 Å². The van der Waals surface area contributed by atoms with Crippen LogP contribution in [0.15, 0.2) is 47.4 Å². The molecule has 2 heterocycles. The standard InChI is InChI=1S/C16H19BN2O3/c1-15(2)16(3,4)22-17(21-15)12-7-5-8-13(11-12)19-14(20)9-6-10-18-19/h5-11H,1-4H3. The van der Waals surface area contributed by atoms with Crippen LogP contribution in [-0.4, -0.2) is 28.1 Å². The molecule has 1 aromatic heterocycles. The lowest BCUT2D eigenvalue weighted by atomic mass is 9.79. The van der Waals surface area contributed by atoms with E-state index in [4.69, 9.17) is 9.31 Å². The second-order valence-corrected chi connectivity index (χ2v) is 6.46. The van der Waals surface area contributed by atoms with Crippen LogP contribution in [0.5, 0.6) is 0 Å². The van der Waals surface area contributed by atoms with E-state index in [2.05, 4.69) is 5.10 Å². The van der Waals surface area contributed by atoms with Crippen molar-refractivity contribution < 1.29 is 9.31 Å². The molecule has 0 bridgehead atoms. The Hall–Kier alpha value is -1.92. The summed E-state index contributed by atoms with van der Waals surface area (Å²) < 4.78 is 13.4. The van der Waals surface area contributed by atoms with Gasteiger partial charge in [-0.3, -0.25) is 4.79 Å². The van der Waals surface area contributed by atoms with Gasteiger partial charge in [0.05, 0.1) is 16.9 Å². The third-order valence-corrected chi connectivity index (χ3v) is 4.36. The average Bonchev–Trinajstić information content (AvgIpc) is 2.68. The van der Waals surface area contributed by atoms with Gasteiger partial charge < -0.3 is 9.31 Å². The van der Waals surface area contributed by atoms with Gasteiger partial charge in [0, 0.05) is 12.3 Å². The highest BCUT2D eigenvalue weighted by Gasteiger charge is 2.51.